The van der Waals surface area contributed by atoms with E-state index in [1.807, 2.05) is 18.2 Å². The van der Waals surface area contributed by atoms with Gasteiger partial charge in [-0.3, -0.25) is 0 Å². The molecule has 0 aromatic carbocycles. The molecular weight excluding hydrogens is 277 g/mol. The number of nitrogens with zero attached hydrogens (tertiary/aromatic N) is 2. The quantitative estimate of drug-likeness (QED) is 0.856. The minimum atomic E-state index is 0.614. The Kier molecular flexibility index (Phi) is 3.18. The number of nitrogens with one attached hydrogen (secondary N) is 1. The molecule has 0 fully saturated rings. The monoisotopic (exact) mass is 283 g/mol. The van der Waals surface area contributed by atoms with Crippen LogP contribution in [0.3, 0.4) is 0 Å². The molecule has 15 heavy (non-hydrogen) atoms. The van der Waals surface area contributed by atoms with Crippen LogP contribution in [0.1, 0.15) is 0 Å². The van der Waals surface area contributed by atoms with Gasteiger partial charge in [0.05, 0.1) is 5.02 Å². The second kappa shape index (κ2) is 4.59. The lowest BCUT2D eigenvalue weighted by Crippen LogP contribution is -1.95. The Morgan fingerprint density at radius 3 is 2.67 bits per heavy atom. The summed E-state index contributed by atoms with van der Waals surface area (Å²) < 4.78 is 0.779. The first-order valence-corrected chi connectivity index (χ1v) is 5.42. The molecule has 2 aromatic heterocycles. The second-order valence-corrected chi connectivity index (χ2v) is 4.08. The maximum absolute atomic E-state index is 5.73. The fourth-order valence-corrected chi connectivity index (χ4v) is 1.51. The third-order valence-corrected chi connectivity index (χ3v) is 2.36. The third kappa shape index (κ3) is 2.91. The minimum absolute atomic E-state index is 0.614. The van der Waals surface area contributed by atoms with Crippen LogP contribution in [0.2, 0.25) is 5.02 Å². The van der Waals surface area contributed by atoms with Crippen LogP contribution < -0.4 is 5.32 Å². The maximum Gasteiger partial charge on any atom is 0.132 e. The van der Waals surface area contributed by atoms with Crippen LogP contribution in [0, 0.1) is 0 Å². The summed E-state index contributed by atoms with van der Waals surface area (Å²) in [5.74, 6) is 1.45. The molecular formula is C10H7BrClN3. The number of pyridine rings is 2. The van der Waals surface area contributed by atoms with Crippen molar-refractivity contribution < 1.29 is 0 Å². The first-order valence-electron chi connectivity index (χ1n) is 4.25. The summed E-state index contributed by atoms with van der Waals surface area (Å²) >= 11 is 9.02. The summed E-state index contributed by atoms with van der Waals surface area (Å²) in [6.07, 6.45) is 1.59. The van der Waals surface area contributed by atoms with Crippen LogP contribution in [-0.4, -0.2) is 9.97 Å². The Morgan fingerprint density at radius 2 is 2.00 bits per heavy atom. The Labute approximate surface area is 101 Å². The first kappa shape index (κ1) is 10.4. The number of halogens is 2. The van der Waals surface area contributed by atoms with Gasteiger partial charge in [0, 0.05) is 6.20 Å². The maximum atomic E-state index is 5.73. The van der Waals surface area contributed by atoms with E-state index < -0.39 is 0 Å². The topological polar surface area (TPSA) is 37.8 Å². The SMILES string of the molecule is Clc1ccc(Nc2cccc(Br)n2)nc1. The van der Waals surface area contributed by atoms with Gasteiger partial charge >= 0.3 is 0 Å². The molecule has 0 saturated carbocycles. The van der Waals surface area contributed by atoms with Crippen molar-refractivity contribution >= 4 is 39.2 Å². The number of hydrogen-bond donors (Lipinski definition) is 1. The van der Waals surface area contributed by atoms with Crippen LogP contribution in [-0.2, 0) is 0 Å². The zero-order valence-corrected chi connectivity index (χ0v) is 9.96. The van der Waals surface area contributed by atoms with Gasteiger partial charge in [0.1, 0.15) is 16.2 Å². The molecule has 0 aliphatic heterocycles. The molecule has 0 radical (unpaired) electrons. The van der Waals surface area contributed by atoms with Gasteiger partial charge in [0.25, 0.3) is 0 Å². The highest BCUT2D eigenvalue weighted by atomic mass is 79.9. The van der Waals surface area contributed by atoms with Gasteiger partial charge in [-0.1, -0.05) is 17.7 Å². The predicted molar refractivity (Wildman–Crippen MR) is 64.5 cm³/mol. The van der Waals surface area contributed by atoms with E-state index in [0.29, 0.717) is 10.8 Å². The number of hydrogen-bond acceptors (Lipinski definition) is 3. The zero-order valence-electron chi connectivity index (χ0n) is 7.61. The average molecular weight is 285 g/mol. The third-order valence-electron chi connectivity index (χ3n) is 1.70. The van der Waals surface area contributed by atoms with Gasteiger partial charge in [-0.05, 0) is 40.2 Å². The fourth-order valence-electron chi connectivity index (χ4n) is 1.06. The summed E-state index contributed by atoms with van der Waals surface area (Å²) in [5.41, 5.74) is 0. The Bertz CT molecular complexity index is 458. The highest BCUT2D eigenvalue weighted by Gasteiger charge is 1.97. The van der Waals surface area contributed by atoms with Crippen LogP contribution in [0.5, 0.6) is 0 Å². The van der Waals surface area contributed by atoms with Crippen molar-refractivity contribution in [2.75, 3.05) is 5.32 Å². The van der Waals surface area contributed by atoms with Gasteiger partial charge in [0.2, 0.25) is 0 Å². The minimum Gasteiger partial charge on any atom is -0.325 e. The molecule has 0 spiro atoms. The lowest BCUT2D eigenvalue weighted by Gasteiger charge is -2.04. The van der Waals surface area contributed by atoms with E-state index in [4.69, 9.17) is 11.6 Å². The van der Waals surface area contributed by atoms with Crippen molar-refractivity contribution in [1.82, 2.24) is 9.97 Å². The zero-order chi connectivity index (χ0) is 10.7. The van der Waals surface area contributed by atoms with Gasteiger partial charge in [0.15, 0.2) is 0 Å². The fraction of sp³-hybridized carbons (Fsp3) is 0. The van der Waals surface area contributed by atoms with E-state index >= 15 is 0 Å². The molecule has 5 heteroatoms. The molecule has 0 bridgehead atoms. The van der Waals surface area contributed by atoms with E-state index in [-0.39, 0.29) is 0 Å². The van der Waals surface area contributed by atoms with Crippen LogP contribution in [0.4, 0.5) is 11.6 Å². The average Bonchev–Trinajstić information content (AvgIpc) is 2.22. The van der Waals surface area contributed by atoms with Crippen molar-refractivity contribution in [3.8, 4) is 0 Å². The normalized spacial score (nSPS) is 10.0. The summed E-state index contributed by atoms with van der Waals surface area (Å²) in [6.45, 7) is 0. The largest absolute Gasteiger partial charge is 0.325 e. The second-order valence-electron chi connectivity index (χ2n) is 2.83. The molecule has 0 atom stereocenters. The summed E-state index contributed by atoms with van der Waals surface area (Å²) in [5, 5.41) is 3.67. The van der Waals surface area contributed by atoms with Gasteiger partial charge in [-0.15, -0.1) is 0 Å². The van der Waals surface area contributed by atoms with Crippen molar-refractivity contribution in [2.45, 2.75) is 0 Å². The van der Waals surface area contributed by atoms with E-state index in [9.17, 15) is 0 Å². The standard InChI is InChI=1S/C10H7BrClN3/c11-8-2-1-3-10(14-8)15-9-5-4-7(12)6-13-9/h1-6H,(H,13,14,15). The molecule has 2 heterocycles. The molecule has 2 aromatic rings. The summed E-state index contributed by atoms with van der Waals surface area (Å²) in [4.78, 5) is 8.33. The van der Waals surface area contributed by atoms with E-state index in [1.54, 1.807) is 18.3 Å². The van der Waals surface area contributed by atoms with Crippen LogP contribution in [0.25, 0.3) is 0 Å². The predicted octanol–water partition coefficient (Wildman–Crippen LogP) is 3.64. The van der Waals surface area contributed by atoms with Crippen LogP contribution >= 0.6 is 27.5 Å². The van der Waals surface area contributed by atoms with Crippen molar-refractivity contribution in [2.24, 2.45) is 0 Å². The van der Waals surface area contributed by atoms with Crippen molar-refractivity contribution in [1.29, 1.82) is 0 Å². The molecule has 0 saturated heterocycles. The van der Waals surface area contributed by atoms with E-state index in [1.165, 1.54) is 0 Å². The van der Waals surface area contributed by atoms with Gasteiger partial charge in [-0.2, -0.15) is 0 Å². The van der Waals surface area contributed by atoms with E-state index in [2.05, 4.69) is 31.2 Å². The highest BCUT2D eigenvalue weighted by molar-refractivity contribution is 9.10. The Balaban J connectivity index is 2.18. The summed E-state index contributed by atoms with van der Waals surface area (Å²) in [6, 6.07) is 9.19. The summed E-state index contributed by atoms with van der Waals surface area (Å²) in [7, 11) is 0. The smallest absolute Gasteiger partial charge is 0.132 e. The lowest BCUT2D eigenvalue weighted by molar-refractivity contribution is 1.23. The number of anilines is 2. The van der Waals surface area contributed by atoms with Gasteiger partial charge in [-0.25, -0.2) is 9.97 Å². The molecule has 0 unspecified atom stereocenters. The Hall–Kier alpha value is -1.13. The number of rotatable bonds is 2. The molecule has 1 N–H and O–H groups in total. The molecule has 0 aliphatic carbocycles. The molecule has 76 valence electrons. The molecule has 3 nitrogen and oxygen atoms in total. The highest BCUT2D eigenvalue weighted by Crippen LogP contribution is 2.16. The van der Waals surface area contributed by atoms with Crippen molar-refractivity contribution in [3.05, 3.63) is 46.2 Å². The Morgan fingerprint density at radius 1 is 1.13 bits per heavy atom. The van der Waals surface area contributed by atoms with Crippen LogP contribution in [0.15, 0.2) is 41.1 Å². The van der Waals surface area contributed by atoms with E-state index in [0.717, 1.165) is 10.4 Å². The van der Waals surface area contributed by atoms with Crippen molar-refractivity contribution in [3.63, 3.8) is 0 Å². The molecule has 0 aliphatic rings. The molecule has 2 rings (SSSR count). The lowest BCUT2D eigenvalue weighted by atomic mass is 10.4. The first-order chi connectivity index (χ1) is 7.24. The van der Waals surface area contributed by atoms with Gasteiger partial charge < -0.3 is 5.32 Å². The number of aromatic nitrogens is 2. The molecule has 0 amide bonds.